The van der Waals surface area contributed by atoms with E-state index in [2.05, 4.69) is 26.5 Å². The van der Waals surface area contributed by atoms with Crippen molar-refractivity contribution in [1.29, 1.82) is 0 Å². The van der Waals surface area contributed by atoms with Gasteiger partial charge in [-0.15, -0.1) is 0 Å². The topological polar surface area (TPSA) is 92.2 Å². The van der Waals surface area contributed by atoms with Gasteiger partial charge in [-0.2, -0.15) is 0 Å². The van der Waals surface area contributed by atoms with Crippen molar-refractivity contribution in [2.45, 2.75) is 17.4 Å². The minimum absolute atomic E-state index is 0.103. The molecule has 0 spiro atoms. The number of fused-ring (bicyclic) bond motifs is 6. The molecule has 4 aromatic rings. The van der Waals surface area contributed by atoms with Gasteiger partial charge < -0.3 is 5.11 Å². The number of aliphatic hydroxyl groups is 1. The zero-order valence-electron chi connectivity index (χ0n) is 17.4. The molecule has 1 unspecified atom stereocenters. The minimum atomic E-state index is -4.59. The second-order valence-electron chi connectivity index (χ2n) is 7.84. The van der Waals surface area contributed by atoms with Gasteiger partial charge in [0.1, 0.15) is 16.5 Å². The van der Waals surface area contributed by atoms with Crippen LogP contribution in [-0.4, -0.2) is 23.5 Å². The zero-order valence-corrected chi connectivity index (χ0v) is 19.0. The first kappa shape index (κ1) is 22.2. The number of anilines is 1. The fraction of sp³-hybridized carbons (Fsp3) is 0.0833. The lowest BCUT2D eigenvalue weighted by Gasteiger charge is -2.19. The molecule has 0 radical (unpaired) electrons. The van der Waals surface area contributed by atoms with Crippen LogP contribution in [0.15, 0.2) is 59.8 Å². The van der Waals surface area contributed by atoms with Gasteiger partial charge in [-0.25, -0.2) is 22.2 Å². The van der Waals surface area contributed by atoms with Crippen molar-refractivity contribution >= 4 is 38.2 Å². The maximum atomic E-state index is 14.7. The molecule has 1 atom stereocenters. The van der Waals surface area contributed by atoms with E-state index in [0.717, 1.165) is 0 Å². The monoisotopic (exact) mass is 497 g/mol. The van der Waals surface area contributed by atoms with Crippen LogP contribution in [0.4, 0.5) is 14.5 Å². The minimum Gasteiger partial charge on any atom is -0.374 e. The summed E-state index contributed by atoms with van der Waals surface area (Å²) in [5.74, 6) is 2.91. The molecule has 6 bridgehead atoms. The van der Waals surface area contributed by atoms with Crippen LogP contribution in [0.3, 0.4) is 0 Å². The van der Waals surface area contributed by atoms with Crippen LogP contribution in [0.5, 0.6) is 0 Å². The summed E-state index contributed by atoms with van der Waals surface area (Å²) >= 11 is 6.11. The number of hydrogen-bond acceptors (Lipinski definition) is 5. The Morgan fingerprint density at radius 1 is 1.06 bits per heavy atom. The lowest BCUT2D eigenvalue weighted by Crippen LogP contribution is -2.23. The molecule has 0 fully saturated rings. The molecule has 1 aliphatic heterocycles. The first-order chi connectivity index (χ1) is 16.0. The fourth-order valence-corrected chi connectivity index (χ4v) is 5.03. The smallest absolute Gasteiger partial charge is 0.264 e. The Labute approximate surface area is 198 Å². The van der Waals surface area contributed by atoms with Crippen molar-refractivity contribution in [3.8, 4) is 23.0 Å². The summed E-state index contributed by atoms with van der Waals surface area (Å²) in [5, 5.41) is 11.4. The molecule has 34 heavy (non-hydrogen) atoms. The Bertz CT molecular complexity index is 1680. The molecule has 5 rings (SSSR count). The third kappa shape index (κ3) is 3.76. The molecule has 10 heteroatoms. The van der Waals surface area contributed by atoms with Crippen LogP contribution >= 0.6 is 11.6 Å². The Morgan fingerprint density at radius 2 is 1.85 bits per heavy atom. The summed E-state index contributed by atoms with van der Waals surface area (Å²) in [5.41, 5.74) is -0.453. The molecule has 0 saturated carbocycles. The SMILES string of the molecule is CC1(O)C#Cc2ccnc3ccc(cc23)-c2cnc(Cl)c(c2)NS(=O)(=O)c2cc1c(F)cc2F. The molecule has 170 valence electrons. The number of sulfonamides is 1. The Hall–Kier alpha value is -3.58. The molecule has 0 amide bonds. The van der Waals surface area contributed by atoms with Gasteiger partial charge in [0.05, 0.1) is 11.2 Å². The van der Waals surface area contributed by atoms with Gasteiger partial charge in [0.2, 0.25) is 0 Å². The van der Waals surface area contributed by atoms with Crippen molar-refractivity contribution in [3.63, 3.8) is 0 Å². The quantitative estimate of drug-likeness (QED) is 0.273. The van der Waals surface area contributed by atoms with E-state index in [1.54, 1.807) is 30.5 Å². The summed E-state index contributed by atoms with van der Waals surface area (Å²) in [4.78, 5) is 7.48. The predicted octanol–water partition coefficient (Wildman–Crippen LogP) is 4.60. The van der Waals surface area contributed by atoms with Crippen molar-refractivity contribution in [2.75, 3.05) is 4.72 Å². The van der Waals surface area contributed by atoms with E-state index in [-0.39, 0.29) is 10.8 Å². The highest BCUT2D eigenvalue weighted by atomic mass is 35.5. The van der Waals surface area contributed by atoms with Gasteiger partial charge in [0.25, 0.3) is 10.0 Å². The van der Waals surface area contributed by atoms with Crippen molar-refractivity contribution in [2.24, 2.45) is 0 Å². The predicted molar refractivity (Wildman–Crippen MR) is 124 cm³/mol. The Balaban J connectivity index is 1.88. The zero-order chi connectivity index (χ0) is 24.3. The average molecular weight is 498 g/mol. The van der Waals surface area contributed by atoms with E-state index in [9.17, 15) is 22.3 Å². The molecule has 2 aromatic heterocycles. The number of pyridine rings is 2. The number of nitrogens with zero attached hydrogens (tertiary/aromatic N) is 2. The number of nitrogens with one attached hydrogen (secondary N) is 1. The van der Waals surface area contributed by atoms with E-state index in [0.29, 0.717) is 39.7 Å². The van der Waals surface area contributed by atoms with Crippen molar-refractivity contribution in [3.05, 3.63) is 82.8 Å². The highest BCUT2D eigenvalue weighted by Crippen LogP contribution is 2.33. The van der Waals surface area contributed by atoms with Gasteiger partial charge >= 0.3 is 0 Å². The number of rotatable bonds is 0. The molecular weight excluding hydrogens is 484 g/mol. The molecule has 0 saturated heterocycles. The molecule has 3 heterocycles. The molecular formula is C24H14ClF2N3O3S. The summed E-state index contributed by atoms with van der Waals surface area (Å²) < 4.78 is 57.5. The van der Waals surface area contributed by atoms with Crippen LogP contribution in [0.25, 0.3) is 22.0 Å². The van der Waals surface area contributed by atoms with E-state index >= 15 is 0 Å². The third-order valence-electron chi connectivity index (χ3n) is 5.43. The van der Waals surface area contributed by atoms with E-state index in [1.165, 1.54) is 19.2 Å². The lowest BCUT2D eigenvalue weighted by molar-refractivity contribution is 0.117. The maximum absolute atomic E-state index is 14.7. The van der Waals surface area contributed by atoms with Gasteiger partial charge in [-0.1, -0.05) is 29.5 Å². The number of hydrogen-bond donors (Lipinski definition) is 2. The fourth-order valence-electron chi connectivity index (χ4n) is 3.68. The molecule has 0 aliphatic carbocycles. The molecule has 2 N–H and O–H groups in total. The third-order valence-corrected chi connectivity index (χ3v) is 7.12. The van der Waals surface area contributed by atoms with Crippen LogP contribution in [0.2, 0.25) is 5.15 Å². The van der Waals surface area contributed by atoms with Crippen LogP contribution < -0.4 is 4.72 Å². The number of benzene rings is 2. The van der Waals surface area contributed by atoms with Crippen molar-refractivity contribution in [1.82, 2.24) is 9.97 Å². The second-order valence-corrected chi connectivity index (χ2v) is 9.85. The van der Waals surface area contributed by atoms with E-state index in [1.807, 2.05) is 0 Å². The normalized spacial score (nSPS) is 18.4. The van der Waals surface area contributed by atoms with Gasteiger partial charge in [-0.05, 0) is 42.8 Å². The standard InChI is InChI=1S/C24H14ClF2N3O3S/c1-24(31)6-4-13-5-7-28-20-3-2-14(8-16(13)20)15-9-21(23(25)29-12-15)30-34(32,33)22-10-17(24)18(26)11-19(22)27/h2-3,5,7-12,30-31H,1H3. The maximum Gasteiger partial charge on any atom is 0.264 e. The highest BCUT2D eigenvalue weighted by Gasteiger charge is 2.30. The first-order valence-corrected chi connectivity index (χ1v) is 11.7. The number of aromatic nitrogens is 2. The summed E-state index contributed by atoms with van der Waals surface area (Å²) in [6.07, 6.45) is 3.01. The summed E-state index contributed by atoms with van der Waals surface area (Å²) in [6.45, 7) is 1.19. The number of halogens is 3. The van der Waals surface area contributed by atoms with Gasteiger partial charge in [-0.3, -0.25) is 9.71 Å². The van der Waals surface area contributed by atoms with Crippen LogP contribution in [0, 0.1) is 23.5 Å². The summed E-state index contributed by atoms with van der Waals surface area (Å²) in [6, 6.07) is 9.50. The highest BCUT2D eigenvalue weighted by molar-refractivity contribution is 7.92. The lowest BCUT2D eigenvalue weighted by atomic mass is 9.95. The van der Waals surface area contributed by atoms with E-state index in [4.69, 9.17) is 11.6 Å². The Morgan fingerprint density at radius 3 is 2.65 bits per heavy atom. The first-order valence-electron chi connectivity index (χ1n) is 9.88. The summed E-state index contributed by atoms with van der Waals surface area (Å²) in [7, 11) is -4.59. The average Bonchev–Trinajstić information content (AvgIpc) is 2.78. The largest absolute Gasteiger partial charge is 0.374 e. The van der Waals surface area contributed by atoms with Crippen LogP contribution in [-0.2, 0) is 15.6 Å². The van der Waals surface area contributed by atoms with Gasteiger partial charge in [0, 0.05) is 40.5 Å². The van der Waals surface area contributed by atoms with Crippen LogP contribution in [0.1, 0.15) is 18.1 Å². The molecule has 1 aliphatic rings. The molecule has 6 nitrogen and oxygen atoms in total. The van der Waals surface area contributed by atoms with Crippen molar-refractivity contribution < 1.29 is 22.3 Å². The second kappa shape index (κ2) is 7.74. The Kier molecular flexibility index (Phi) is 5.06. The van der Waals surface area contributed by atoms with Gasteiger partial charge in [0.15, 0.2) is 10.8 Å². The molecule has 2 aromatic carbocycles. The van der Waals surface area contributed by atoms with E-state index < -0.39 is 37.7 Å².